The maximum absolute atomic E-state index is 6.23. The van der Waals surface area contributed by atoms with Gasteiger partial charge in [-0.25, -0.2) is 0 Å². The lowest BCUT2D eigenvalue weighted by Gasteiger charge is -2.43. The van der Waals surface area contributed by atoms with Crippen molar-refractivity contribution in [3.05, 3.63) is 23.6 Å². The number of ether oxygens (including phenoxy) is 1. The molecule has 0 spiro atoms. The smallest absolute Gasteiger partial charge is 0.185 e. The van der Waals surface area contributed by atoms with Crippen LogP contribution in [0.1, 0.15) is 52.4 Å². The van der Waals surface area contributed by atoms with Gasteiger partial charge in [0.05, 0.1) is 13.1 Å². The number of nitrogens with one attached hydrogen (secondary N) is 1. The Balaban J connectivity index is 1.80. The second kappa shape index (κ2) is 5.90. The van der Waals surface area contributed by atoms with Gasteiger partial charge in [-0.1, -0.05) is 6.42 Å². The summed E-state index contributed by atoms with van der Waals surface area (Å²) in [6, 6.07) is 0. The Kier molecular flexibility index (Phi) is 4.18. The Morgan fingerprint density at radius 3 is 2.40 bits per heavy atom. The van der Waals surface area contributed by atoms with Crippen LogP contribution in [-0.2, 0) is 4.74 Å². The molecule has 2 fully saturated rings. The standard InChI is InChI=1S/C17H28N2O/c1-15-13-16(18-9-5-3-6-10-18)14-17(2,20-15)19-11-7-4-8-12-19/h13-14H,3-12H2,1-2H3/p+1. The van der Waals surface area contributed by atoms with Gasteiger partial charge in [-0.05, 0) is 46.0 Å². The van der Waals surface area contributed by atoms with E-state index in [0.29, 0.717) is 0 Å². The van der Waals surface area contributed by atoms with Crippen molar-refractivity contribution < 1.29 is 9.64 Å². The summed E-state index contributed by atoms with van der Waals surface area (Å²) in [6.07, 6.45) is 12.8. The lowest BCUT2D eigenvalue weighted by atomic mass is 10.0. The number of nitrogens with zero attached hydrogens (tertiary/aromatic N) is 1. The van der Waals surface area contributed by atoms with E-state index in [0.717, 1.165) is 5.76 Å². The van der Waals surface area contributed by atoms with Crippen molar-refractivity contribution >= 4 is 0 Å². The maximum atomic E-state index is 6.23. The quantitative estimate of drug-likeness (QED) is 0.832. The van der Waals surface area contributed by atoms with E-state index in [1.807, 2.05) is 0 Å². The number of allylic oxidation sites excluding steroid dienone is 2. The Morgan fingerprint density at radius 2 is 1.70 bits per heavy atom. The second-order valence-corrected chi connectivity index (χ2v) is 6.72. The molecule has 0 saturated carbocycles. The van der Waals surface area contributed by atoms with Gasteiger partial charge in [0.2, 0.25) is 0 Å². The van der Waals surface area contributed by atoms with Gasteiger partial charge in [-0.3, -0.25) is 4.90 Å². The monoisotopic (exact) mass is 277 g/mol. The molecule has 3 nitrogen and oxygen atoms in total. The summed E-state index contributed by atoms with van der Waals surface area (Å²) in [4.78, 5) is 4.18. The van der Waals surface area contributed by atoms with E-state index in [1.165, 1.54) is 70.4 Å². The molecule has 3 heterocycles. The van der Waals surface area contributed by atoms with Crippen molar-refractivity contribution in [3.63, 3.8) is 0 Å². The van der Waals surface area contributed by atoms with Gasteiger partial charge < -0.3 is 9.64 Å². The molecule has 3 aliphatic heterocycles. The van der Waals surface area contributed by atoms with E-state index in [-0.39, 0.29) is 5.72 Å². The first-order chi connectivity index (χ1) is 9.67. The number of quaternary nitrogens is 1. The zero-order valence-corrected chi connectivity index (χ0v) is 13.1. The van der Waals surface area contributed by atoms with Crippen molar-refractivity contribution in [2.24, 2.45) is 0 Å². The van der Waals surface area contributed by atoms with E-state index >= 15 is 0 Å². The summed E-state index contributed by atoms with van der Waals surface area (Å²) >= 11 is 0. The third kappa shape index (κ3) is 2.94. The Hall–Kier alpha value is -0.800. The molecule has 0 aromatic heterocycles. The Labute approximate surface area is 123 Å². The van der Waals surface area contributed by atoms with Crippen LogP contribution < -0.4 is 4.90 Å². The van der Waals surface area contributed by atoms with Gasteiger partial charge in [0, 0.05) is 25.2 Å². The van der Waals surface area contributed by atoms with Crippen LogP contribution in [-0.4, -0.2) is 36.8 Å². The number of likely N-dealkylation sites (tertiary alicyclic amines) is 2. The molecule has 0 aliphatic carbocycles. The van der Waals surface area contributed by atoms with Crippen molar-refractivity contribution in [3.8, 4) is 0 Å². The molecule has 2 saturated heterocycles. The minimum Gasteiger partial charge on any atom is -0.473 e. The highest BCUT2D eigenvalue weighted by Gasteiger charge is 2.37. The van der Waals surface area contributed by atoms with Gasteiger partial charge in [0.15, 0.2) is 5.72 Å². The minimum atomic E-state index is -0.223. The van der Waals surface area contributed by atoms with Crippen LogP contribution >= 0.6 is 0 Å². The number of rotatable bonds is 2. The van der Waals surface area contributed by atoms with Crippen LogP contribution in [0.15, 0.2) is 23.6 Å². The molecule has 1 unspecified atom stereocenters. The molecule has 0 aromatic rings. The van der Waals surface area contributed by atoms with Crippen molar-refractivity contribution in [1.29, 1.82) is 0 Å². The van der Waals surface area contributed by atoms with Crippen molar-refractivity contribution in [2.75, 3.05) is 26.2 Å². The third-order valence-electron chi connectivity index (χ3n) is 5.00. The molecule has 0 aromatic carbocycles. The third-order valence-corrected chi connectivity index (χ3v) is 5.00. The van der Waals surface area contributed by atoms with E-state index in [1.54, 1.807) is 4.90 Å². The van der Waals surface area contributed by atoms with Crippen LogP contribution in [0.25, 0.3) is 0 Å². The molecule has 0 amide bonds. The summed E-state index contributed by atoms with van der Waals surface area (Å²) in [5.41, 5.74) is 1.24. The van der Waals surface area contributed by atoms with Crippen LogP contribution in [0.5, 0.6) is 0 Å². The largest absolute Gasteiger partial charge is 0.473 e. The summed E-state index contributed by atoms with van der Waals surface area (Å²) in [6.45, 7) is 9.26. The van der Waals surface area contributed by atoms with Crippen molar-refractivity contribution in [1.82, 2.24) is 4.90 Å². The molecule has 1 N–H and O–H groups in total. The van der Waals surface area contributed by atoms with Crippen LogP contribution in [0, 0.1) is 0 Å². The van der Waals surface area contributed by atoms with E-state index in [9.17, 15) is 0 Å². The first kappa shape index (κ1) is 14.2. The van der Waals surface area contributed by atoms with Crippen LogP contribution in [0.2, 0.25) is 0 Å². The summed E-state index contributed by atoms with van der Waals surface area (Å²) < 4.78 is 6.23. The fourth-order valence-electron chi connectivity index (χ4n) is 3.90. The Bertz CT molecular complexity index is 403. The number of hydrogen-bond acceptors (Lipinski definition) is 2. The fraction of sp³-hybridized carbons (Fsp3) is 0.765. The van der Waals surface area contributed by atoms with E-state index < -0.39 is 0 Å². The zero-order chi connectivity index (χ0) is 14.0. The highest BCUT2D eigenvalue weighted by atomic mass is 16.5. The molecule has 112 valence electrons. The molecule has 20 heavy (non-hydrogen) atoms. The first-order valence-electron chi connectivity index (χ1n) is 8.38. The summed E-state index contributed by atoms with van der Waals surface area (Å²) in [7, 11) is 0. The van der Waals surface area contributed by atoms with Gasteiger partial charge >= 0.3 is 0 Å². The number of hydrogen-bond donors (Lipinski definition) is 1. The Morgan fingerprint density at radius 1 is 1.05 bits per heavy atom. The summed E-state index contributed by atoms with van der Waals surface area (Å²) in [5.74, 6) is 1.08. The fourth-order valence-corrected chi connectivity index (χ4v) is 3.90. The molecule has 3 aliphatic rings. The minimum absolute atomic E-state index is 0.223. The molecular weight excluding hydrogens is 248 g/mol. The lowest BCUT2D eigenvalue weighted by molar-refractivity contribution is -0.863. The molecular formula is C17H29N2O+. The average Bonchev–Trinajstić information content (AvgIpc) is 2.48. The topological polar surface area (TPSA) is 16.9 Å². The predicted molar refractivity (Wildman–Crippen MR) is 81.3 cm³/mol. The summed E-state index contributed by atoms with van der Waals surface area (Å²) in [5, 5.41) is 0. The van der Waals surface area contributed by atoms with Gasteiger partial charge in [-0.15, -0.1) is 0 Å². The van der Waals surface area contributed by atoms with Gasteiger partial charge in [-0.2, -0.15) is 0 Å². The normalized spacial score (nSPS) is 33.3. The molecule has 0 bridgehead atoms. The van der Waals surface area contributed by atoms with E-state index in [2.05, 4.69) is 30.9 Å². The first-order valence-corrected chi connectivity index (χ1v) is 8.38. The highest BCUT2D eigenvalue weighted by molar-refractivity contribution is 5.22. The maximum Gasteiger partial charge on any atom is 0.185 e. The van der Waals surface area contributed by atoms with Crippen LogP contribution in [0.3, 0.4) is 0 Å². The van der Waals surface area contributed by atoms with Gasteiger partial charge in [0.25, 0.3) is 0 Å². The average molecular weight is 277 g/mol. The van der Waals surface area contributed by atoms with Crippen LogP contribution in [0.4, 0.5) is 0 Å². The molecule has 0 radical (unpaired) electrons. The van der Waals surface area contributed by atoms with Crippen molar-refractivity contribution in [2.45, 2.75) is 58.1 Å². The zero-order valence-electron chi connectivity index (χ0n) is 13.1. The molecule has 3 rings (SSSR count). The second-order valence-electron chi connectivity index (χ2n) is 6.72. The predicted octanol–water partition coefficient (Wildman–Crippen LogP) is 2.08. The lowest BCUT2D eigenvalue weighted by Crippen LogP contribution is -3.11. The highest BCUT2D eigenvalue weighted by Crippen LogP contribution is 2.29. The molecule has 1 atom stereocenters. The number of piperidine rings is 2. The van der Waals surface area contributed by atoms with Gasteiger partial charge in [0.1, 0.15) is 11.5 Å². The molecule has 3 heteroatoms. The van der Waals surface area contributed by atoms with E-state index in [4.69, 9.17) is 4.74 Å². The SMILES string of the molecule is CC1=CC([NH+]2CCCCC2)=CC(C)(N2CCCCC2)O1.